The molecule has 0 spiro atoms. The highest BCUT2D eigenvalue weighted by atomic mass is 35.5. The maximum Gasteiger partial charge on any atom is 0.172 e. The molecule has 2 atom stereocenters. The van der Waals surface area contributed by atoms with Crippen molar-refractivity contribution < 1.29 is 9.53 Å². The highest BCUT2D eigenvalue weighted by Gasteiger charge is 2.36. The molecule has 1 aromatic heterocycles. The van der Waals surface area contributed by atoms with Crippen molar-refractivity contribution in [2.75, 3.05) is 18.5 Å². The van der Waals surface area contributed by atoms with Gasteiger partial charge in [0, 0.05) is 42.9 Å². The number of anilines is 1. The number of ketones is 1. The van der Waals surface area contributed by atoms with Crippen LogP contribution in [-0.4, -0.2) is 30.0 Å². The summed E-state index contributed by atoms with van der Waals surface area (Å²) in [7, 11) is 0. The van der Waals surface area contributed by atoms with Crippen LogP contribution in [0.1, 0.15) is 34.7 Å². The third kappa shape index (κ3) is 5.27. The Morgan fingerprint density at radius 2 is 1.68 bits per heavy atom. The fourth-order valence-electron chi connectivity index (χ4n) is 4.20. The van der Waals surface area contributed by atoms with Gasteiger partial charge in [0.15, 0.2) is 5.78 Å². The Hall–Kier alpha value is -2.40. The second-order valence-corrected chi connectivity index (χ2v) is 8.55. The van der Waals surface area contributed by atoms with Crippen LogP contribution in [0, 0.1) is 5.92 Å². The molecule has 0 saturated carbocycles. The van der Waals surface area contributed by atoms with Gasteiger partial charge < -0.3 is 10.1 Å². The van der Waals surface area contributed by atoms with Crippen molar-refractivity contribution in [3.63, 3.8) is 0 Å². The van der Waals surface area contributed by atoms with Gasteiger partial charge in [-0.2, -0.15) is 0 Å². The van der Waals surface area contributed by atoms with Crippen LogP contribution in [0.5, 0.6) is 0 Å². The first-order valence-electron chi connectivity index (χ1n) is 10.4. The number of rotatable bonds is 7. The predicted octanol–water partition coefficient (Wildman–Crippen LogP) is 6.26. The highest BCUT2D eigenvalue weighted by Crippen LogP contribution is 2.36. The van der Waals surface area contributed by atoms with Crippen molar-refractivity contribution in [1.82, 2.24) is 4.98 Å². The molecule has 4 rings (SSSR count). The molecule has 0 amide bonds. The van der Waals surface area contributed by atoms with E-state index in [4.69, 9.17) is 27.9 Å². The van der Waals surface area contributed by atoms with E-state index in [0.29, 0.717) is 28.8 Å². The Kier molecular flexibility index (Phi) is 7.23. The number of hydrogen-bond donors (Lipinski definition) is 1. The summed E-state index contributed by atoms with van der Waals surface area (Å²) in [5, 5.41) is 4.61. The molecule has 0 radical (unpaired) electrons. The number of aromatic nitrogens is 1. The fraction of sp³-hybridized carbons (Fsp3) is 0.280. The molecule has 1 aliphatic heterocycles. The molecule has 1 fully saturated rings. The number of nitrogens with zero attached hydrogens (tertiary/aromatic N) is 1. The highest BCUT2D eigenvalue weighted by molar-refractivity contribution is 6.42. The summed E-state index contributed by atoms with van der Waals surface area (Å²) in [5.41, 5.74) is 2.47. The Morgan fingerprint density at radius 3 is 2.35 bits per heavy atom. The van der Waals surface area contributed by atoms with E-state index < -0.39 is 0 Å². The quantitative estimate of drug-likeness (QED) is 0.427. The smallest absolute Gasteiger partial charge is 0.172 e. The zero-order valence-electron chi connectivity index (χ0n) is 17.0. The van der Waals surface area contributed by atoms with Crippen LogP contribution < -0.4 is 5.32 Å². The first-order valence-corrected chi connectivity index (χ1v) is 11.2. The summed E-state index contributed by atoms with van der Waals surface area (Å²) in [6, 6.07) is 18.6. The zero-order valence-corrected chi connectivity index (χ0v) is 18.5. The normalized spacial score (nSPS) is 16.5. The Bertz CT molecular complexity index is 1010. The molecule has 0 bridgehead atoms. The van der Waals surface area contributed by atoms with Gasteiger partial charge in [-0.1, -0.05) is 53.5 Å². The summed E-state index contributed by atoms with van der Waals surface area (Å²) in [6.45, 7) is 1.37. The second kappa shape index (κ2) is 10.3. The number of halogens is 2. The largest absolute Gasteiger partial charge is 0.381 e. The molecule has 2 aromatic carbocycles. The molecule has 4 nitrogen and oxygen atoms in total. The number of carbonyl (C=O) groups excluding carboxylic acids is 1. The van der Waals surface area contributed by atoms with Gasteiger partial charge in [-0.05, 0) is 54.7 Å². The summed E-state index contributed by atoms with van der Waals surface area (Å²) in [4.78, 5) is 18.0. The van der Waals surface area contributed by atoms with Gasteiger partial charge in [0.2, 0.25) is 0 Å². The maximum absolute atomic E-state index is 13.8. The van der Waals surface area contributed by atoms with Gasteiger partial charge >= 0.3 is 0 Å². The standard InChI is InChI=1S/C25H24Cl2N2O2/c26-21-7-6-20(16-22(21)27)29-24(18-10-14-31-15-11-18)23(17-8-12-28-13-9-17)25(30)19-4-2-1-3-5-19/h1-9,12-13,16,18,23-24,29H,10-11,14-15H2. The number of ether oxygens (including phenoxy) is 1. The van der Waals surface area contributed by atoms with Crippen LogP contribution >= 0.6 is 23.2 Å². The third-order valence-corrected chi connectivity index (χ3v) is 6.53. The average molecular weight is 455 g/mol. The average Bonchev–Trinajstić information content (AvgIpc) is 2.82. The topological polar surface area (TPSA) is 51.2 Å². The first kappa shape index (κ1) is 21.8. The van der Waals surface area contributed by atoms with Crippen molar-refractivity contribution in [2.24, 2.45) is 5.92 Å². The Morgan fingerprint density at radius 1 is 0.968 bits per heavy atom. The summed E-state index contributed by atoms with van der Waals surface area (Å²) >= 11 is 12.4. The van der Waals surface area contributed by atoms with Crippen molar-refractivity contribution >= 4 is 34.7 Å². The third-order valence-electron chi connectivity index (χ3n) is 5.79. The lowest BCUT2D eigenvalue weighted by atomic mass is 9.76. The fourth-order valence-corrected chi connectivity index (χ4v) is 4.50. The van der Waals surface area contributed by atoms with Crippen molar-refractivity contribution in [3.05, 3.63) is 94.2 Å². The molecular formula is C25H24Cl2N2O2. The van der Waals surface area contributed by atoms with Crippen LogP contribution in [0.15, 0.2) is 73.1 Å². The molecule has 3 aromatic rings. The number of pyridine rings is 1. The minimum absolute atomic E-state index is 0.0795. The van der Waals surface area contributed by atoms with Crippen LogP contribution in [-0.2, 0) is 4.74 Å². The lowest BCUT2D eigenvalue weighted by Crippen LogP contribution is -2.41. The number of carbonyl (C=O) groups is 1. The SMILES string of the molecule is O=C(c1ccccc1)C(c1ccncc1)C(Nc1ccc(Cl)c(Cl)c1)C1CCOCC1. The lowest BCUT2D eigenvalue weighted by Gasteiger charge is -2.37. The molecular weight excluding hydrogens is 431 g/mol. The lowest BCUT2D eigenvalue weighted by molar-refractivity contribution is 0.0559. The van der Waals surface area contributed by atoms with Crippen molar-refractivity contribution in [2.45, 2.75) is 24.8 Å². The van der Waals surface area contributed by atoms with E-state index in [0.717, 1.165) is 24.1 Å². The van der Waals surface area contributed by atoms with E-state index in [2.05, 4.69) is 10.3 Å². The predicted molar refractivity (Wildman–Crippen MR) is 125 cm³/mol. The van der Waals surface area contributed by atoms with E-state index in [1.165, 1.54) is 0 Å². The Balaban J connectivity index is 1.76. The minimum Gasteiger partial charge on any atom is -0.381 e. The molecule has 1 aliphatic rings. The van der Waals surface area contributed by atoms with Crippen LogP contribution in [0.3, 0.4) is 0 Å². The van der Waals surface area contributed by atoms with Crippen LogP contribution in [0.2, 0.25) is 10.0 Å². The van der Waals surface area contributed by atoms with E-state index in [9.17, 15) is 4.79 Å². The molecule has 160 valence electrons. The van der Waals surface area contributed by atoms with E-state index in [1.54, 1.807) is 18.5 Å². The van der Waals surface area contributed by atoms with Crippen LogP contribution in [0.25, 0.3) is 0 Å². The molecule has 0 aliphatic carbocycles. The Labute approximate surface area is 192 Å². The molecule has 31 heavy (non-hydrogen) atoms. The van der Waals surface area contributed by atoms with Gasteiger partial charge in [-0.3, -0.25) is 9.78 Å². The van der Waals surface area contributed by atoms with Crippen molar-refractivity contribution in [3.8, 4) is 0 Å². The van der Waals surface area contributed by atoms with Gasteiger partial charge in [0.05, 0.1) is 16.0 Å². The monoisotopic (exact) mass is 454 g/mol. The van der Waals surface area contributed by atoms with E-state index in [1.807, 2.05) is 54.6 Å². The molecule has 2 unspecified atom stereocenters. The second-order valence-electron chi connectivity index (χ2n) is 7.74. The minimum atomic E-state index is -0.386. The maximum atomic E-state index is 13.8. The van der Waals surface area contributed by atoms with Gasteiger partial charge in [0.1, 0.15) is 0 Å². The molecule has 1 saturated heterocycles. The number of hydrogen-bond acceptors (Lipinski definition) is 4. The van der Waals surface area contributed by atoms with Gasteiger partial charge in [-0.25, -0.2) is 0 Å². The van der Waals surface area contributed by atoms with Gasteiger partial charge in [0.25, 0.3) is 0 Å². The number of benzene rings is 2. The number of Topliss-reactive ketones (excluding diaryl/α,β-unsaturated/α-hetero) is 1. The molecule has 6 heteroatoms. The van der Waals surface area contributed by atoms with Gasteiger partial charge in [-0.15, -0.1) is 0 Å². The summed E-state index contributed by atoms with van der Waals surface area (Å²) in [6.07, 6.45) is 5.23. The van der Waals surface area contributed by atoms with Crippen molar-refractivity contribution in [1.29, 1.82) is 0 Å². The van der Waals surface area contributed by atoms with Crippen LogP contribution in [0.4, 0.5) is 5.69 Å². The van der Waals surface area contributed by atoms with E-state index in [-0.39, 0.29) is 23.7 Å². The zero-order chi connectivity index (χ0) is 21.6. The van der Waals surface area contributed by atoms with E-state index >= 15 is 0 Å². The number of nitrogens with one attached hydrogen (secondary N) is 1. The first-order chi connectivity index (χ1) is 15.1. The molecule has 1 N–H and O–H groups in total. The summed E-state index contributed by atoms with van der Waals surface area (Å²) in [5.74, 6) is -0.0483. The molecule has 2 heterocycles. The summed E-state index contributed by atoms with van der Waals surface area (Å²) < 4.78 is 5.60.